The van der Waals surface area contributed by atoms with E-state index in [-0.39, 0.29) is 12.5 Å². The highest BCUT2D eigenvalue weighted by Crippen LogP contribution is 2.32. The van der Waals surface area contributed by atoms with Crippen LogP contribution in [0.4, 0.5) is 10.5 Å². The molecule has 1 saturated heterocycles. The van der Waals surface area contributed by atoms with Crippen molar-refractivity contribution >= 4 is 29.3 Å². The first-order chi connectivity index (χ1) is 14.9. The second-order valence-electron chi connectivity index (χ2n) is 7.80. The van der Waals surface area contributed by atoms with Crippen LogP contribution in [-0.4, -0.2) is 38.9 Å². The number of amides is 2. The van der Waals surface area contributed by atoms with E-state index in [4.69, 9.17) is 21.1 Å². The fourth-order valence-electron chi connectivity index (χ4n) is 3.56. The number of anilines is 1. The SMILES string of the molecule is CCc1ccc(N(C)C(=O)OCC2(C(=O)NCc3ccccc3Cl)CCOCC2)cc1. The molecule has 1 aliphatic rings. The highest BCUT2D eigenvalue weighted by Gasteiger charge is 2.41. The molecular weight excluding hydrogens is 416 g/mol. The van der Waals surface area contributed by atoms with E-state index in [1.165, 1.54) is 10.5 Å². The molecule has 2 aromatic carbocycles. The third-order valence-corrected chi connectivity index (χ3v) is 6.18. The molecule has 0 saturated carbocycles. The van der Waals surface area contributed by atoms with E-state index in [1.54, 1.807) is 13.1 Å². The van der Waals surface area contributed by atoms with Crippen molar-refractivity contribution in [1.29, 1.82) is 0 Å². The number of aryl methyl sites for hydroxylation is 1. The van der Waals surface area contributed by atoms with E-state index < -0.39 is 11.5 Å². The van der Waals surface area contributed by atoms with Gasteiger partial charge in [0.2, 0.25) is 5.91 Å². The standard InChI is InChI=1S/C24H29ClN2O4/c1-3-18-8-10-20(11-9-18)27(2)23(29)31-17-24(12-14-30-15-13-24)22(28)26-16-19-6-4-5-7-21(19)25/h4-11H,3,12-17H2,1-2H3,(H,26,28). The van der Waals surface area contributed by atoms with Gasteiger partial charge in [0.25, 0.3) is 0 Å². The van der Waals surface area contributed by atoms with Gasteiger partial charge in [0.05, 0.1) is 5.41 Å². The highest BCUT2D eigenvalue weighted by atomic mass is 35.5. The largest absolute Gasteiger partial charge is 0.448 e. The molecule has 6 nitrogen and oxygen atoms in total. The first-order valence-corrected chi connectivity index (χ1v) is 10.9. The summed E-state index contributed by atoms with van der Waals surface area (Å²) >= 11 is 6.20. The molecule has 0 atom stereocenters. The summed E-state index contributed by atoms with van der Waals surface area (Å²) in [6, 6.07) is 15.1. The van der Waals surface area contributed by atoms with Crippen LogP contribution >= 0.6 is 11.6 Å². The Morgan fingerprint density at radius 2 is 1.81 bits per heavy atom. The zero-order chi connectivity index (χ0) is 22.3. The van der Waals surface area contributed by atoms with Crippen LogP contribution in [-0.2, 0) is 27.2 Å². The summed E-state index contributed by atoms with van der Waals surface area (Å²) in [5, 5.41) is 3.57. The molecule has 0 radical (unpaired) electrons. The maximum absolute atomic E-state index is 13.1. The minimum Gasteiger partial charge on any atom is -0.448 e. The molecule has 0 spiro atoms. The summed E-state index contributed by atoms with van der Waals surface area (Å²) < 4.78 is 11.0. The van der Waals surface area contributed by atoms with Crippen molar-refractivity contribution in [3.63, 3.8) is 0 Å². The topological polar surface area (TPSA) is 67.9 Å². The van der Waals surface area contributed by atoms with Crippen molar-refractivity contribution in [2.24, 2.45) is 5.41 Å². The lowest BCUT2D eigenvalue weighted by Gasteiger charge is -2.35. The molecule has 1 aliphatic heterocycles. The molecule has 1 heterocycles. The normalized spacial score (nSPS) is 15.2. The fourth-order valence-corrected chi connectivity index (χ4v) is 3.76. The van der Waals surface area contributed by atoms with Gasteiger partial charge in [-0.2, -0.15) is 0 Å². The minimum atomic E-state index is -0.817. The van der Waals surface area contributed by atoms with Gasteiger partial charge in [-0.3, -0.25) is 9.69 Å². The smallest absolute Gasteiger partial charge is 0.414 e. The lowest BCUT2D eigenvalue weighted by molar-refractivity contribution is -0.140. The van der Waals surface area contributed by atoms with E-state index in [9.17, 15) is 9.59 Å². The van der Waals surface area contributed by atoms with Crippen LogP contribution in [0.3, 0.4) is 0 Å². The quantitative estimate of drug-likeness (QED) is 0.678. The number of rotatable bonds is 7. The summed E-state index contributed by atoms with van der Waals surface area (Å²) in [6.07, 6.45) is 1.42. The average Bonchev–Trinajstić information content (AvgIpc) is 2.82. The van der Waals surface area contributed by atoms with Crippen LogP contribution < -0.4 is 10.2 Å². The number of benzene rings is 2. The number of ether oxygens (including phenoxy) is 2. The van der Waals surface area contributed by atoms with E-state index in [0.717, 1.165) is 17.7 Å². The van der Waals surface area contributed by atoms with Gasteiger partial charge in [0.15, 0.2) is 0 Å². The summed E-state index contributed by atoms with van der Waals surface area (Å²) in [5.74, 6) is -0.154. The molecule has 166 valence electrons. The van der Waals surface area contributed by atoms with E-state index in [1.807, 2.05) is 42.5 Å². The Bertz CT molecular complexity index is 895. The summed E-state index contributed by atoms with van der Waals surface area (Å²) in [7, 11) is 1.66. The van der Waals surface area contributed by atoms with E-state index in [0.29, 0.717) is 37.6 Å². The number of hydrogen-bond acceptors (Lipinski definition) is 4. The van der Waals surface area contributed by atoms with Gasteiger partial charge in [-0.25, -0.2) is 4.79 Å². The molecule has 2 aromatic rings. The predicted molar refractivity (Wildman–Crippen MR) is 121 cm³/mol. The Labute approximate surface area is 188 Å². The van der Waals surface area contributed by atoms with Crippen LogP contribution in [0.25, 0.3) is 0 Å². The number of nitrogens with one attached hydrogen (secondary N) is 1. The van der Waals surface area contributed by atoms with Crippen LogP contribution in [0, 0.1) is 5.41 Å². The molecule has 1 fully saturated rings. The Balaban J connectivity index is 1.63. The van der Waals surface area contributed by atoms with Crippen molar-refractivity contribution in [3.8, 4) is 0 Å². The molecule has 0 aromatic heterocycles. The maximum atomic E-state index is 13.1. The van der Waals surface area contributed by atoms with Gasteiger partial charge in [-0.15, -0.1) is 0 Å². The second-order valence-corrected chi connectivity index (χ2v) is 8.21. The minimum absolute atomic E-state index is 0.000925. The fraction of sp³-hybridized carbons (Fsp3) is 0.417. The second kappa shape index (κ2) is 10.6. The summed E-state index contributed by atoms with van der Waals surface area (Å²) in [5.41, 5.74) is 1.96. The monoisotopic (exact) mass is 444 g/mol. The van der Waals surface area contributed by atoms with E-state index >= 15 is 0 Å². The van der Waals surface area contributed by atoms with Crippen LogP contribution in [0.5, 0.6) is 0 Å². The Hall–Kier alpha value is -2.57. The Morgan fingerprint density at radius 3 is 2.45 bits per heavy atom. The Morgan fingerprint density at radius 1 is 1.13 bits per heavy atom. The molecule has 0 unspecified atom stereocenters. The third-order valence-electron chi connectivity index (χ3n) is 5.81. The van der Waals surface area contributed by atoms with Gasteiger partial charge >= 0.3 is 6.09 Å². The van der Waals surface area contributed by atoms with Crippen LogP contribution in [0.1, 0.15) is 30.9 Å². The van der Waals surface area contributed by atoms with Crippen LogP contribution in [0.2, 0.25) is 5.02 Å². The average molecular weight is 445 g/mol. The van der Waals surface area contributed by atoms with Gasteiger partial charge in [-0.1, -0.05) is 48.9 Å². The number of hydrogen-bond donors (Lipinski definition) is 1. The molecule has 0 bridgehead atoms. The lowest BCUT2D eigenvalue weighted by Crippen LogP contribution is -2.48. The molecular formula is C24H29ClN2O4. The van der Waals surface area contributed by atoms with Gasteiger partial charge in [-0.05, 0) is 48.6 Å². The van der Waals surface area contributed by atoms with Crippen molar-refractivity contribution < 1.29 is 19.1 Å². The van der Waals surface area contributed by atoms with Crippen LogP contribution in [0.15, 0.2) is 48.5 Å². The first-order valence-electron chi connectivity index (χ1n) is 10.5. The number of halogens is 1. The molecule has 31 heavy (non-hydrogen) atoms. The maximum Gasteiger partial charge on any atom is 0.414 e. The summed E-state index contributed by atoms with van der Waals surface area (Å²) in [6.45, 7) is 3.30. The van der Waals surface area contributed by atoms with Crippen molar-refractivity contribution in [1.82, 2.24) is 5.32 Å². The number of carbonyl (C=O) groups excluding carboxylic acids is 2. The van der Waals surface area contributed by atoms with Gasteiger partial charge in [0.1, 0.15) is 6.61 Å². The molecule has 7 heteroatoms. The third kappa shape index (κ3) is 5.77. The van der Waals surface area contributed by atoms with Gasteiger partial charge < -0.3 is 14.8 Å². The lowest BCUT2D eigenvalue weighted by atomic mass is 9.80. The number of nitrogens with zero attached hydrogens (tertiary/aromatic N) is 1. The number of carbonyl (C=O) groups is 2. The Kier molecular flexibility index (Phi) is 7.93. The van der Waals surface area contributed by atoms with E-state index in [2.05, 4.69) is 12.2 Å². The zero-order valence-corrected chi connectivity index (χ0v) is 18.8. The highest BCUT2D eigenvalue weighted by molar-refractivity contribution is 6.31. The molecule has 0 aliphatic carbocycles. The molecule has 1 N–H and O–H groups in total. The van der Waals surface area contributed by atoms with Crippen molar-refractivity contribution in [3.05, 3.63) is 64.7 Å². The van der Waals surface area contributed by atoms with Crippen molar-refractivity contribution in [2.75, 3.05) is 31.8 Å². The summed E-state index contributed by atoms with van der Waals surface area (Å²) in [4.78, 5) is 27.2. The predicted octanol–water partition coefficient (Wildman–Crippen LogP) is 4.59. The first kappa shape index (κ1) is 23.1. The van der Waals surface area contributed by atoms with Crippen molar-refractivity contribution in [2.45, 2.75) is 32.7 Å². The zero-order valence-electron chi connectivity index (χ0n) is 18.0. The molecule has 2 amide bonds. The van der Waals surface area contributed by atoms with Gasteiger partial charge in [0, 0.05) is 37.5 Å². The molecule has 3 rings (SSSR count).